The predicted octanol–water partition coefficient (Wildman–Crippen LogP) is 3.87. The molecule has 0 aromatic heterocycles. The number of carbonyl (C=O) groups excluding carboxylic acids is 1. The maximum Gasteiger partial charge on any atom is 0.248 e. The lowest BCUT2D eigenvalue weighted by atomic mass is 10.2. The van der Waals surface area contributed by atoms with Crippen LogP contribution in [-0.4, -0.2) is 5.91 Å². The summed E-state index contributed by atoms with van der Waals surface area (Å²) in [7, 11) is 0. The molecule has 2 aromatic carbocycles. The molecule has 2 rings (SSSR count). The first-order valence-electron chi connectivity index (χ1n) is 5.24. The minimum absolute atomic E-state index is 0.402. The van der Waals surface area contributed by atoms with Crippen LogP contribution in [0.2, 0.25) is 0 Å². The summed E-state index contributed by atoms with van der Waals surface area (Å²) < 4.78 is 1.81. The number of primary amides is 1. The predicted molar refractivity (Wildman–Crippen MR) is 81.5 cm³/mol. The van der Waals surface area contributed by atoms with Crippen molar-refractivity contribution >= 4 is 37.8 Å². The summed E-state index contributed by atoms with van der Waals surface area (Å²) in [6, 6.07) is 16.3. The summed E-state index contributed by atoms with van der Waals surface area (Å²) in [5, 5.41) is 8.39. The van der Waals surface area contributed by atoms with Crippen molar-refractivity contribution in [2.75, 3.05) is 0 Å². The topological polar surface area (TPSA) is 66.9 Å². The van der Waals surface area contributed by atoms with E-state index in [0.29, 0.717) is 11.1 Å². The van der Waals surface area contributed by atoms with Crippen molar-refractivity contribution in [2.45, 2.75) is 0 Å². The van der Waals surface area contributed by atoms with E-state index in [2.05, 4.69) is 31.9 Å². The zero-order valence-electron chi connectivity index (χ0n) is 9.81. The summed E-state index contributed by atoms with van der Waals surface area (Å²) in [4.78, 5) is 10.6. The van der Waals surface area contributed by atoms with E-state index in [1.807, 2.05) is 24.3 Å². The summed E-state index contributed by atoms with van der Waals surface area (Å²) in [5.74, 6) is -0.402. The lowest BCUT2D eigenvalue weighted by Gasteiger charge is -1.93. The Morgan fingerprint density at radius 2 is 1.63 bits per heavy atom. The van der Waals surface area contributed by atoms with Crippen molar-refractivity contribution in [1.29, 1.82) is 5.26 Å². The maximum absolute atomic E-state index is 10.6. The van der Waals surface area contributed by atoms with E-state index < -0.39 is 5.91 Å². The van der Waals surface area contributed by atoms with Crippen molar-refractivity contribution in [3.8, 4) is 6.07 Å². The molecule has 0 radical (unpaired) electrons. The molecule has 0 fully saturated rings. The van der Waals surface area contributed by atoms with Gasteiger partial charge in [-0.2, -0.15) is 5.26 Å². The van der Waals surface area contributed by atoms with Crippen LogP contribution in [0.3, 0.4) is 0 Å². The summed E-state index contributed by atoms with van der Waals surface area (Å²) in [6.45, 7) is 0. The fraction of sp³-hybridized carbons (Fsp3) is 0. The van der Waals surface area contributed by atoms with Gasteiger partial charge in [0.2, 0.25) is 5.91 Å². The zero-order chi connectivity index (χ0) is 14.3. The molecular weight excluding hydrogens is 372 g/mol. The lowest BCUT2D eigenvalue weighted by molar-refractivity contribution is 0.1000. The van der Waals surface area contributed by atoms with Crippen LogP contribution in [0.4, 0.5) is 0 Å². The second kappa shape index (κ2) is 7.72. The van der Waals surface area contributed by atoms with Crippen LogP contribution in [-0.2, 0) is 0 Å². The Hall–Kier alpha value is -1.64. The Morgan fingerprint density at radius 3 is 2.00 bits per heavy atom. The molecule has 0 aliphatic heterocycles. The molecular formula is C14H10Br2N2O. The number of benzene rings is 2. The van der Waals surface area contributed by atoms with Crippen molar-refractivity contribution in [2.24, 2.45) is 5.73 Å². The number of hydrogen-bond acceptors (Lipinski definition) is 2. The Balaban J connectivity index is 0.000000191. The van der Waals surface area contributed by atoms with Gasteiger partial charge in [-0.05, 0) is 36.4 Å². The zero-order valence-corrected chi connectivity index (χ0v) is 13.0. The van der Waals surface area contributed by atoms with E-state index in [0.717, 1.165) is 8.95 Å². The number of halogens is 2. The van der Waals surface area contributed by atoms with E-state index in [4.69, 9.17) is 11.0 Å². The Morgan fingerprint density at radius 1 is 1.05 bits per heavy atom. The van der Waals surface area contributed by atoms with Gasteiger partial charge in [0.25, 0.3) is 0 Å². The Labute approximate surface area is 128 Å². The molecule has 5 heteroatoms. The molecule has 2 aromatic rings. The number of hydrogen-bond donors (Lipinski definition) is 1. The standard InChI is InChI=1S/C7H6BrNO.C7H4BrN/c8-6-3-1-2-5(4-6)7(9)10;8-7-3-1-2-6(4-7)5-9/h1-4H,(H2,9,10);1-4H. The fourth-order valence-electron chi connectivity index (χ4n) is 1.20. The van der Waals surface area contributed by atoms with Gasteiger partial charge < -0.3 is 5.73 Å². The quantitative estimate of drug-likeness (QED) is 0.814. The summed E-state index contributed by atoms with van der Waals surface area (Å²) >= 11 is 6.47. The molecule has 3 nitrogen and oxygen atoms in total. The third-order valence-electron chi connectivity index (χ3n) is 2.06. The molecule has 0 aliphatic carbocycles. The van der Waals surface area contributed by atoms with Crippen LogP contribution in [0.5, 0.6) is 0 Å². The first kappa shape index (κ1) is 15.4. The normalized spacial score (nSPS) is 8.89. The van der Waals surface area contributed by atoms with Gasteiger partial charge >= 0.3 is 0 Å². The fourth-order valence-corrected chi connectivity index (χ4v) is 2.00. The number of nitrogens with zero attached hydrogens (tertiary/aromatic N) is 1. The van der Waals surface area contributed by atoms with Gasteiger partial charge in [-0.15, -0.1) is 0 Å². The number of amides is 1. The molecule has 2 N–H and O–H groups in total. The highest BCUT2D eigenvalue weighted by atomic mass is 79.9. The average Bonchev–Trinajstić information content (AvgIpc) is 2.39. The highest BCUT2D eigenvalue weighted by Gasteiger charge is 1.97. The summed E-state index contributed by atoms with van der Waals surface area (Å²) in [5.41, 5.74) is 6.23. The molecule has 19 heavy (non-hydrogen) atoms. The van der Waals surface area contributed by atoms with Gasteiger partial charge in [0.15, 0.2) is 0 Å². The number of nitriles is 1. The summed E-state index contributed by atoms with van der Waals surface area (Å²) in [6.07, 6.45) is 0. The van der Waals surface area contributed by atoms with Crippen LogP contribution in [0.1, 0.15) is 15.9 Å². The number of carbonyl (C=O) groups is 1. The van der Waals surface area contributed by atoms with Gasteiger partial charge in [0.05, 0.1) is 11.6 Å². The smallest absolute Gasteiger partial charge is 0.248 e. The Kier molecular flexibility index (Phi) is 6.26. The lowest BCUT2D eigenvalue weighted by Crippen LogP contribution is -2.10. The largest absolute Gasteiger partial charge is 0.366 e. The van der Waals surface area contributed by atoms with E-state index in [1.54, 1.807) is 30.3 Å². The van der Waals surface area contributed by atoms with E-state index in [1.165, 1.54) is 0 Å². The molecule has 0 saturated carbocycles. The first-order chi connectivity index (χ1) is 9.02. The van der Waals surface area contributed by atoms with Crippen LogP contribution >= 0.6 is 31.9 Å². The third-order valence-corrected chi connectivity index (χ3v) is 3.05. The van der Waals surface area contributed by atoms with Crippen molar-refractivity contribution in [3.63, 3.8) is 0 Å². The SMILES string of the molecule is N#Cc1cccc(Br)c1.NC(=O)c1cccc(Br)c1. The van der Waals surface area contributed by atoms with E-state index in [-0.39, 0.29) is 0 Å². The molecule has 1 amide bonds. The average molecular weight is 382 g/mol. The molecule has 0 aliphatic rings. The maximum atomic E-state index is 10.6. The molecule has 96 valence electrons. The van der Waals surface area contributed by atoms with Gasteiger partial charge in [-0.3, -0.25) is 4.79 Å². The van der Waals surface area contributed by atoms with Gasteiger partial charge in [-0.1, -0.05) is 44.0 Å². The molecule has 0 unspecified atom stereocenters. The second-order valence-electron chi connectivity index (χ2n) is 3.50. The number of nitrogens with two attached hydrogens (primary N) is 1. The molecule has 0 spiro atoms. The minimum Gasteiger partial charge on any atom is -0.366 e. The van der Waals surface area contributed by atoms with Crippen molar-refractivity contribution in [3.05, 3.63) is 68.6 Å². The third kappa shape index (κ3) is 5.69. The van der Waals surface area contributed by atoms with Crippen LogP contribution in [0, 0.1) is 11.3 Å². The first-order valence-corrected chi connectivity index (χ1v) is 6.82. The highest BCUT2D eigenvalue weighted by molar-refractivity contribution is 9.10. The molecule has 0 saturated heterocycles. The van der Waals surface area contributed by atoms with Gasteiger partial charge in [0, 0.05) is 14.5 Å². The van der Waals surface area contributed by atoms with Crippen molar-refractivity contribution in [1.82, 2.24) is 0 Å². The van der Waals surface area contributed by atoms with Gasteiger partial charge in [-0.25, -0.2) is 0 Å². The van der Waals surface area contributed by atoms with Gasteiger partial charge in [0.1, 0.15) is 0 Å². The van der Waals surface area contributed by atoms with E-state index in [9.17, 15) is 4.79 Å². The minimum atomic E-state index is -0.402. The van der Waals surface area contributed by atoms with Crippen molar-refractivity contribution < 1.29 is 4.79 Å². The van der Waals surface area contributed by atoms with Crippen LogP contribution in [0.15, 0.2) is 57.5 Å². The van der Waals surface area contributed by atoms with Crippen LogP contribution in [0.25, 0.3) is 0 Å². The van der Waals surface area contributed by atoms with Crippen LogP contribution < -0.4 is 5.73 Å². The highest BCUT2D eigenvalue weighted by Crippen LogP contribution is 2.10. The molecule has 0 bridgehead atoms. The van der Waals surface area contributed by atoms with E-state index >= 15 is 0 Å². The monoisotopic (exact) mass is 380 g/mol. The molecule has 0 atom stereocenters. The number of rotatable bonds is 1. The molecule has 0 heterocycles. The second-order valence-corrected chi connectivity index (χ2v) is 5.33. The Bertz CT molecular complexity index is 621.